The molecule has 0 saturated carbocycles. The Balaban J connectivity index is 2.75. The Bertz CT molecular complexity index is 430. The fourth-order valence-corrected chi connectivity index (χ4v) is 1.50. The van der Waals surface area contributed by atoms with Crippen LogP contribution in [-0.4, -0.2) is 9.97 Å². The second-order valence-corrected chi connectivity index (χ2v) is 3.36. The predicted octanol–water partition coefficient (Wildman–Crippen LogP) is 1.01. The molecule has 2 rings (SSSR count). The smallest absolute Gasteiger partial charge is 0.116 e. The first-order valence-electron chi connectivity index (χ1n) is 3.55. The Hall–Kier alpha value is -1.21. The number of hydrogen-bond acceptors (Lipinski definition) is 3. The summed E-state index contributed by atoms with van der Waals surface area (Å²) in [5.74, 6) is 0. The van der Waals surface area contributed by atoms with Gasteiger partial charge in [0.15, 0.2) is 0 Å². The summed E-state index contributed by atoms with van der Waals surface area (Å²) in [5, 5.41) is 1.80. The summed E-state index contributed by atoms with van der Waals surface area (Å²) in [5.41, 5.74) is 0.890. The number of fused-ring (bicyclic) bond motifs is 1. The zero-order valence-electron chi connectivity index (χ0n) is 6.27. The van der Waals surface area contributed by atoms with Gasteiger partial charge in [0.25, 0.3) is 0 Å². The van der Waals surface area contributed by atoms with E-state index in [0.717, 1.165) is 16.2 Å². The first-order valence-corrected chi connectivity index (χ1v) is 4.60. The molecule has 0 saturated heterocycles. The molecule has 1 aromatic heterocycles. The fourth-order valence-electron chi connectivity index (χ4n) is 1.08. The van der Waals surface area contributed by atoms with Crippen LogP contribution in [-0.2, 0) is 4.57 Å². The van der Waals surface area contributed by atoms with Crippen LogP contribution in [0.4, 0.5) is 0 Å². The van der Waals surface area contributed by atoms with Gasteiger partial charge in [0.2, 0.25) is 0 Å². The van der Waals surface area contributed by atoms with Crippen molar-refractivity contribution in [2.75, 3.05) is 0 Å². The van der Waals surface area contributed by atoms with Gasteiger partial charge in [-0.2, -0.15) is 0 Å². The summed E-state index contributed by atoms with van der Waals surface area (Å²) in [6.45, 7) is 0. The van der Waals surface area contributed by atoms with E-state index in [1.165, 1.54) is 6.33 Å². The summed E-state index contributed by atoms with van der Waals surface area (Å²) in [6.07, 6.45) is 3.23. The zero-order valence-corrected chi connectivity index (χ0v) is 7.42. The average Bonchev–Trinajstić information content (AvgIpc) is 2.17. The topological polar surface area (TPSA) is 42.9 Å². The molecule has 0 amide bonds. The van der Waals surface area contributed by atoms with E-state index in [4.69, 9.17) is 0 Å². The lowest BCUT2D eigenvalue weighted by Crippen LogP contribution is -1.91. The number of nitrogens with zero attached hydrogens (tertiary/aromatic N) is 2. The van der Waals surface area contributed by atoms with E-state index in [1.54, 1.807) is 6.20 Å². The predicted molar refractivity (Wildman–Crippen MR) is 49.6 cm³/mol. The molecule has 1 unspecified atom stereocenters. The Morgan fingerprint density at radius 3 is 3.08 bits per heavy atom. The van der Waals surface area contributed by atoms with Crippen LogP contribution in [0, 0.1) is 0 Å². The van der Waals surface area contributed by atoms with Crippen molar-refractivity contribution in [2.45, 2.75) is 0 Å². The van der Waals surface area contributed by atoms with Gasteiger partial charge in [0.05, 0.1) is 14.0 Å². The minimum atomic E-state index is -0.857. The van der Waals surface area contributed by atoms with E-state index in [0.29, 0.717) is 0 Å². The van der Waals surface area contributed by atoms with Crippen LogP contribution in [0.3, 0.4) is 0 Å². The molecule has 12 heavy (non-hydrogen) atoms. The summed E-state index contributed by atoms with van der Waals surface area (Å²) < 4.78 is 10.6. The number of aromatic nitrogens is 2. The Kier molecular flexibility index (Phi) is 1.88. The maximum Gasteiger partial charge on any atom is 0.116 e. The molecule has 0 bridgehead atoms. The van der Waals surface area contributed by atoms with Crippen molar-refractivity contribution in [3.05, 3.63) is 30.7 Å². The van der Waals surface area contributed by atoms with Crippen molar-refractivity contribution in [2.24, 2.45) is 0 Å². The molecule has 0 aliphatic heterocycles. The molecule has 1 heterocycles. The minimum Gasteiger partial charge on any atom is -0.325 e. The lowest BCUT2D eigenvalue weighted by atomic mass is 10.2. The van der Waals surface area contributed by atoms with E-state index >= 15 is 0 Å². The number of benzene rings is 1. The number of hydrogen-bond donors (Lipinski definition) is 0. The maximum absolute atomic E-state index is 10.6. The van der Waals surface area contributed by atoms with Crippen LogP contribution in [0.25, 0.3) is 10.9 Å². The third-order valence-electron chi connectivity index (χ3n) is 1.66. The van der Waals surface area contributed by atoms with Crippen molar-refractivity contribution < 1.29 is 4.57 Å². The molecule has 3 nitrogen and oxygen atoms in total. The first-order chi connectivity index (χ1) is 5.90. The SMILES string of the molecule is O=[PH2]c1ccc2ncncc2c1. The quantitative estimate of drug-likeness (QED) is 0.612. The highest BCUT2D eigenvalue weighted by atomic mass is 31.1. The monoisotopic (exact) mass is 178 g/mol. The largest absolute Gasteiger partial charge is 0.325 e. The molecule has 4 heteroatoms. The maximum atomic E-state index is 10.6. The molecule has 1 aromatic carbocycles. The van der Waals surface area contributed by atoms with Crippen molar-refractivity contribution in [3.8, 4) is 0 Å². The zero-order chi connectivity index (χ0) is 8.39. The van der Waals surface area contributed by atoms with Gasteiger partial charge in [0, 0.05) is 16.9 Å². The van der Waals surface area contributed by atoms with Gasteiger partial charge in [0.1, 0.15) is 6.33 Å². The summed E-state index contributed by atoms with van der Waals surface area (Å²) >= 11 is 0. The van der Waals surface area contributed by atoms with Gasteiger partial charge in [-0.1, -0.05) is 0 Å². The van der Waals surface area contributed by atoms with E-state index in [1.807, 2.05) is 18.2 Å². The number of rotatable bonds is 1. The standard InChI is InChI=1S/C8H7N2OP/c11-12-7-1-2-8-6(3-7)4-9-5-10-8/h1-5H,12H2. The normalized spacial score (nSPS) is 11.3. The van der Waals surface area contributed by atoms with Gasteiger partial charge in [-0.25, -0.2) is 9.97 Å². The molecule has 0 aliphatic carbocycles. The molecule has 0 fully saturated rings. The van der Waals surface area contributed by atoms with E-state index < -0.39 is 8.46 Å². The van der Waals surface area contributed by atoms with Gasteiger partial charge >= 0.3 is 0 Å². The van der Waals surface area contributed by atoms with E-state index in [-0.39, 0.29) is 0 Å². The third kappa shape index (κ3) is 1.23. The molecule has 0 aliphatic rings. The molecule has 2 aromatic rings. The lowest BCUT2D eigenvalue weighted by molar-refractivity contribution is 0.603. The Morgan fingerprint density at radius 1 is 1.33 bits per heavy atom. The van der Waals surface area contributed by atoms with Crippen molar-refractivity contribution in [1.29, 1.82) is 0 Å². The van der Waals surface area contributed by atoms with E-state index in [2.05, 4.69) is 9.97 Å². The highest BCUT2D eigenvalue weighted by Gasteiger charge is 1.94. The second-order valence-electron chi connectivity index (χ2n) is 2.46. The molecular weight excluding hydrogens is 171 g/mol. The van der Waals surface area contributed by atoms with Crippen LogP contribution in [0.2, 0.25) is 0 Å². The van der Waals surface area contributed by atoms with Crippen LogP contribution in [0.15, 0.2) is 30.7 Å². The third-order valence-corrected chi connectivity index (χ3v) is 2.30. The average molecular weight is 178 g/mol. The summed E-state index contributed by atoms with van der Waals surface area (Å²) in [4.78, 5) is 7.94. The molecule has 0 radical (unpaired) electrons. The van der Waals surface area contributed by atoms with E-state index in [9.17, 15) is 4.57 Å². The van der Waals surface area contributed by atoms with Crippen molar-refractivity contribution in [3.63, 3.8) is 0 Å². The molecule has 0 N–H and O–H groups in total. The van der Waals surface area contributed by atoms with Crippen molar-refractivity contribution in [1.82, 2.24) is 9.97 Å². The first kappa shape index (κ1) is 7.44. The second kappa shape index (κ2) is 3.03. The van der Waals surface area contributed by atoms with Crippen LogP contribution in [0.5, 0.6) is 0 Å². The molecular formula is C8H7N2OP. The minimum absolute atomic E-state index is 0.857. The highest BCUT2D eigenvalue weighted by Crippen LogP contribution is 2.08. The molecule has 1 atom stereocenters. The van der Waals surface area contributed by atoms with Gasteiger partial charge < -0.3 is 4.57 Å². The highest BCUT2D eigenvalue weighted by molar-refractivity contribution is 7.34. The van der Waals surface area contributed by atoms with Gasteiger partial charge in [-0.15, -0.1) is 0 Å². The molecule has 0 spiro atoms. The fraction of sp³-hybridized carbons (Fsp3) is 0. The Labute approximate surface area is 70.7 Å². The van der Waals surface area contributed by atoms with Crippen molar-refractivity contribution >= 4 is 24.7 Å². The Morgan fingerprint density at radius 2 is 2.25 bits per heavy atom. The van der Waals surface area contributed by atoms with Crippen LogP contribution >= 0.6 is 8.46 Å². The lowest BCUT2D eigenvalue weighted by Gasteiger charge is -1.95. The summed E-state index contributed by atoms with van der Waals surface area (Å²) in [7, 11) is -0.857. The van der Waals surface area contributed by atoms with Gasteiger partial charge in [-0.05, 0) is 18.2 Å². The molecule has 60 valence electrons. The van der Waals surface area contributed by atoms with Crippen LogP contribution in [0.1, 0.15) is 0 Å². The van der Waals surface area contributed by atoms with Gasteiger partial charge in [-0.3, -0.25) is 0 Å². The summed E-state index contributed by atoms with van der Waals surface area (Å²) in [6, 6.07) is 5.55. The van der Waals surface area contributed by atoms with Crippen LogP contribution < -0.4 is 5.30 Å².